The van der Waals surface area contributed by atoms with E-state index in [1.807, 2.05) is 43.3 Å². The Morgan fingerprint density at radius 1 is 1.16 bits per heavy atom. The number of piperidine rings is 1. The van der Waals surface area contributed by atoms with Crippen molar-refractivity contribution in [3.63, 3.8) is 0 Å². The van der Waals surface area contributed by atoms with Gasteiger partial charge in [-0.1, -0.05) is 30.3 Å². The fourth-order valence-electron chi connectivity index (χ4n) is 5.84. The third-order valence-corrected chi connectivity index (χ3v) is 8.08. The second-order valence-electron chi connectivity index (χ2n) is 10.9. The number of benzene rings is 2. The average Bonchev–Trinajstić information content (AvgIpc) is 2.92. The number of aliphatic carboxylic acids is 1. The molecule has 2 heterocycles. The summed E-state index contributed by atoms with van der Waals surface area (Å²) in [4.78, 5) is 20.9. The second kappa shape index (κ2) is 12.6. The van der Waals surface area contributed by atoms with Crippen molar-refractivity contribution in [3.8, 4) is 5.75 Å². The first-order valence-electron chi connectivity index (χ1n) is 13.6. The predicted molar refractivity (Wildman–Crippen MR) is 152 cm³/mol. The van der Waals surface area contributed by atoms with Gasteiger partial charge in [0.05, 0.1) is 37.0 Å². The van der Waals surface area contributed by atoms with E-state index < -0.39 is 12.1 Å². The number of aromatic nitrogens is 1. The Hall–Kier alpha value is -3.16. The Labute approximate surface area is 226 Å². The summed E-state index contributed by atoms with van der Waals surface area (Å²) in [6.45, 7) is 2.82. The van der Waals surface area contributed by atoms with Crippen molar-refractivity contribution >= 4 is 22.6 Å². The van der Waals surface area contributed by atoms with Crippen LogP contribution in [0.25, 0.3) is 10.9 Å². The molecule has 38 heavy (non-hydrogen) atoms. The van der Waals surface area contributed by atoms with Gasteiger partial charge in [0.15, 0.2) is 0 Å². The Kier molecular flexibility index (Phi) is 9.23. The van der Waals surface area contributed by atoms with Crippen LogP contribution in [0.1, 0.15) is 55.8 Å². The van der Waals surface area contributed by atoms with Gasteiger partial charge in [-0.15, -0.1) is 0 Å². The molecular formula is C31H41N3O4. The highest BCUT2D eigenvalue weighted by molar-refractivity contribution is 5.88. The first kappa shape index (κ1) is 27.9. The van der Waals surface area contributed by atoms with E-state index in [9.17, 15) is 15.0 Å². The minimum absolute atomic E-state index is 0.142. The Morgan fingerprint density at radius 3 is 2.55 bits per heavy atom. The second-order valence-corrected chi connectivity index (χ2v) is 10.9. The quantitative estimate of drug-likeness (QED) is 0.335. The van der Waals surface area contributed by atoms with E-state index in [1.54, 1.807) is 13.3 Å². The number of rotatable bonds is 12. The molecule has 0 unspecified atom stereocenters. The van der Waals surface area contributed by atoms with Crippen LogP contribution < -0.4 is 9.64 Å². The summed E-state index contributed by atoms with van der Waals surface area (Å²) in [6.07, 6.45) is 6.20. The summed E-state index contributed by atoms with van der Waals surface area (Å²) in [7, 11) is 5.52. The van der Waals surface area contributed by atoms with Gasteiger partial charge in [0.25, 0.3) is 0 Å². The number of hydrogen-bond donors (Lipinski definition) is 2. The van der Waals surface area contributed by atoms with Crippen molar-refractivity contribution in [2.45, 2.75) is 51.0 Å². The molecule has 0 bridgehead atoms. The zero-order chi connectivity index (χ0) is 27.1. The number of fused-ring (bicyclic) bond motifs is 1. The number of methoxy groups -OCH3 is 1. The SMILES string of the molecule is COc1ccc2ncc(N(C)C)c([C@H](O)CCC3(CC(=O)O)CCN(CCCc4ccccc4)CC3)c2c1. The van der Waals surface area contributed by atoms with Crippen LogP contribution in [0.4, 0.5) is 5.69 Å². The number of aliphatic hydroxyl groups excluding tert-OH is 1. The third kappa shape index (κ3) is 6.83. The number of carboxylic acids is 1. The van der Waals surface area contributed by atoms with Crippen LogP contribution in [-0.2, 0) is 11.2 Å². The van der Waals surface area contributed by atoms with E-state index in [4.69, 9.17) is 4.74 Å². The van der Waals surface area contributed by atoms with Crippen LogP contribution in [0, 0.1) is 5.41 Å². The van der Waals surface area contributed by atoms with Gasteiger partial charge in [0.1, 0.15) is 5.75 Å². The molecule has 0 spiro atoms. The molecular weight excluding hydrogens is 478 g/mol. The molecule has 0 saturated carbocycles. The molecule has 1 aliphatic heterocycles. The topological polar surface area (TPSA) is 86.1 Å². The maximum absolute atomic E-state index is 11.9. The molecule has 1 saturated heterocycles. The number of anilines is 1. The Morgan fingerprint density at radius 2 is 1.89 bits per heavy atom. The van der Waals surface area contributed by atoms with E-state index in [0.717, 1.165) is 67.5 Å². The lowest BCUT2D eigenvalue weighted by molar-refractivity contribution is -0.141. The van der Waals surface area contributed by atoms with E-state index in [2.05, 4.69) is 34.1 Å². The van der Waals surface area contributed by atoms with Crippen molar-refractivity contribution in [1.82, 2.24) is 9.88 Å². The highest BCUT2D eigenvalue weighted by Gasteiger charge is 2.37. The summed E-state index contributed by atoms with van der Waals surface area (Å²) in [5.41, 5.74) is 3.54. The van der Waals surface area contributed by atoms with Crippen LogP contribution in [0.3, 0.4) is 0 Å². The fraction of sp³-hybridized carbons (Fsp3) is 0.484. The van der Waals surface area contributed by atoms with E-state index in [-0.39, 0.29) is 11.8 Å². The largest absolute Gasteiger partial charge is 0.497 e. The van der Waals surface area contributed by atoms with Gasteiger partial charge in [-0.05, 0) is 87.3 Å². The van der Waals surface area contributed by atoms with Crippen molar-refractivity contribution in [1.29, 1.82) is 0 Å². The van der Waals surface area contributed by atoms with E-state index in [1.165, 1.54) is 5.56 Å². The molecule has 1 aromatic heterocycles. The molecule has 1 aliphatic rings. The Balaban J connectivity index is 1.44. The monoisotopic (exact) mass is 519 g/mol. The van der Waals surface area contributed by atoms with Crippen LogP contribution >= 0.6 is 0 Å². The van der Waals surface area contributed by atoms with Crippen molar-refractivity contribution in [2.24, 2.45) is 5.41 Å². The number of aliphatic hydroxyl groups is 1. The Bertz CT molecular complexity index is 1210. The van der Waals surface area contributed by atoms with Gasteiger partial charge in [-0.3, -0.25) is 9.78 Å². The van der Waals surface area contributed by atoms with Gasteiger partial charge in [-0.25, -0.2) is 0 Å². The highest BCUT2D eigenvalue weighted by atomic mass is 16.5. The summed E-state index contributed by atoms with van der Waals surface area (Å²) in [5, 5.41) is 22.1. The standard InChI is InChI=1S/C31H41N3O4/c1-33(2)27-22-32-26-12-11-24(38-3)20-25(26)30(27)28(35)13-14-31(21-29(36)37)15-18-34(19-16-31)17-7-10-23-8-5-4-6-9-23/h4-6,8-9,11-12,20,22,28,35H,7,10,13-19,21H2,1-3H3,(H,36,37)/t28-/m1/s1. The zero-order valence-electron chi connectivity index (χ0n) is 22.9. The molecule has 2 aromatic carbocycles. The van der Waals surface area contributed by atoms with E-state index >= 15 is 0 Å². The van der Waals surface area contributed by atoms with Crippen molar-refractivity contribution in [3.05, 3.63) is 65.9 Å². The summed E-state index contributed by atoms with van der Waals surface area (Å²) in [6, 6.07) is 16.2. The van der Waals surface area contributed by atoms with Crippen LogP contribution in [-0.4, -0.2) is 66.9 Å². The number of hydrogen-bond acceptors (Lipinski definition) is 6. The molecule has 0 amide bonds. The number of carbonyl (C=O) groups is 1. The summed E-state index contributed by atoms with van der Waals surface area (Å²) >= 11 is 0. The third-order valence-electron chi connectivity index (χ3n) is 8.08. The predicted octanol–water partition coefficient (Wildman–Crippen LogP) is 5.31. The number of likely N-dealkylation sites (tertiary alicyclic amines) is 1. The first-order chi connectivity index (χ1) is 18.3. The lowest BCUT2D eigenvalue weighted by Gasteiger charge is -2.42. The molecule has 4 rings (SSSR count). The van der Waals surface area contributed by atoms with Gasteiger partial charge < -0.3 is 24.7 Å². The molecule has 0 radical (unpaired) electrons. The number of carboxylic acid groups (broad SMARTS) is 1. The number of ether oxygens (including phenoxy) is 1. The summed E-state index contributed by atoms with van der Waals surface area (Å²) < 4.78 is 5.44. The highest BCUT2D eigenvalue weighted by Crippen LogP contribution is 2.43. The average molecular weight is 520 g/mol. The minimum atomic E-state index is -0.759. The molecule has 0 aliphatic carbocycles. The lowest BCUT2D eigenvalue weighted by atomic mass is 9.71. The van der Waals surface area contributed by atoms with Gasteiger partial charge in [-0.2, -0.15) is 0 Å². The molecule has 204 valence electrons. The summed E-state index contributed by atoms with van der Waals surface area (Å²) in [5.74, 6) is -0.0456. The molecule has 1 fully saturated rings. The molecule has 2 N–H and O–H groups in total. The minimum Gasteiger partial charge on any atom is -0.497 e. The van der Waals surface area contributed by atoms with Crippen LogP contribution in [0.5, 0.6) is 5.75 Å². The van der Waals surface area contributed by atoms with Crippen LogP contribution in [0.15, 0.2) is 54.7 Å². The lowest BCUT2D eigenvalue weighted by Crippen LogP contribution is -2.41. The van der Waals surface area contributed by atoms with Gasteiger partial charge in [0.2, 0.25) is 0 Å². The van der Waals surface area contributed by atoms with Gasteiger partial charge >= 0.3 is 5.97 Å². The number of nitrogens with zero attached hydrogens (tertiary/aromatic N) is 3. The number of aryl methyl sites for hydroxylation is 1. The normalized spacial score (nSPS) is 16.3. The molecule has 3 aromatic rings. The molecule has 1 atom stereocenters. The fourth-order valence-corrected chi connectivity index (χ4v) is 5.84. The maximum Gasteiger partial charge on any atom is 0.303 e. The zero-order valence-corrected chi connectivity index (χ0v) is 22.9. The smallest absolute Gasteiger partial charge is 0.303 e. The van der Waals surface area contributed by atoms with E-state index in [0.29, 0.717) is 18.6 Å². The number of pyridine rings is 1. The van der Waals surface area contributed by atoms with Crippen LogP contribution in [0.2, 0.25) is 0 Å². The van der Waals surface area contributed by atoms with Crippen molar-refractivity contribution < 1.29 is 19.7 Å². The maximum atomic E-state index is 11.9. The molecule has 7 nitrogen and oxygen atoms in total. The van der Waals surface area contributed by atoms with Gasteiger partial charge in [0, 0.05) is 25.0 Å². The molecule has 7 heteroatoms. The first-order valence-corrected chi connectivity index (χ1v) is 13.6. The van der Waals surface area contributed by atoms with Crippen molar-refractivity contribution in [2.75, 3.05) is 45.7 Å².